The Morgan fingerprint density at radius 3 is 2.67 bits per heavy atom. The second-order valence-electron chi connectivity index (χ2n) is 3.11. The topological polar surface area (TPSA) is 45.0 Å². The van der Waals surface area contributed by atoms with Gasteiger partial charge in [0.25, 0.3) is 0 Å². The van der Waals surface area contributed by atoms with Gasteiger partial charge in [0.2, 0.25) is 0 Å². The molecule has 0 radical (unpaired) electrons. The lowest BCUT2D eigenvalue weighted by Gasteiger charge is -2.08. The third-order valence-electron chi connectivity index (χ3n) is 1.97. The van der Waals surface area contributed by atoms with Crippen LogP contribution in [0, 0.1) is 11.3 Å². The molecule has 0 aliphatic carbocycles. The second-order valence-corrected chi connectivity index (χ2v) is 3.55. The van der Waals surface area contributed by atoms with Crippen LogP contribution in [0.4, 0.5) is 0 Å². The van der Waals surface area contributed by atoms with Gasteiger partial charge in [-0.1, -0.05) is 23.7 Å². The molecule has 3 nitrogen and oxygen atoms in total. The van der Waals surface area contributed by atoms with E-state index < -0.39 is 0 Å². The Bertz CT molecular complexity index is 331. The predicted molar refractivity (Wildman–Crippen MR) is 59.6 cm³/mol. The van der Waals surface area contributed by atoms with Gasteiger partial charge in [-0.15, -0.1) is 0 Å². The summed E-state index contributed by atoms with van der Waals surface area (Å²) >= 11 is 5.75. The van der Waals surface area contributed by atoms with Crippen LogP contribution in [0.15, 0.2) is 24.3 Å². The molecule has 1 aromatic rings. The van der Waals surface area contributed by atoms with E-state index in [4.69, 9.17) is 21.6 Å². The van der Waals surface area contributed by atoms with Gasteiger partial charge < -0.3 is 10.1 Å². The number of benzene rings is 1. The molecule has 0 bridgehead atoms. The second kappa shape index (κ2) is 6.41. The first-order valence-electron chi connectivity index (χ1n) is 4.65. The lowest BCUT2D eigenvalue weighted by Crippen LogP contribution is -2.28. The van der Waals surface area contributed by atoms with Gasteiger partial charge in [-0.3, -0.25) is 0 Å². The molecular formula is C11H13ClN2O. The third kappa shape index (κ3) is 4.30. The Labute approximate surface area is 94.6 Å². The number of nitrogens with zero attached hydrogens (tertiary/aromatic N) is 1. The van der Waals surface area contributed by atoms with Gasteiger partial charge >= 0.3 is 0 Å². The summed E-state index contributed by atoms with van der Waals surface area (Å²) in [6, 6.07) is 9.29. The maximum absolute atomic E-state index is 8.65. The number of rotatable bonds is 5. The monoisotopic (exact) mass is 224 g/mol. The van der Waals surface area contributed by atoms with Gasteiger partial charge in [0.05, 0.1) is 19.3 Å². The standard InChI is InChI=1S/C11H13ClN2O/c1-14-11(6-13)8-15-7-9-2-4-10(12)5-3-9/h2-5,11,14H,7-8H2,1H3. The molecule has 0 amide bonds. The summed E-state index contributed by atoms with van der Waals surface area (Å²) in [5.41, 5.74) is 1.05. The van der Waals surface area contributed by atoms with E-state index in [2.05, 4.69) is 11.4 Å². The van der Waals surface area contributed by atoms with Crippen molar-refractivity contribution >= 4 is 11.6 Å². The van der Waals surface area contributed by atoms with Gasteiger partial charge in [0.1, 0.15) is 6.04 Å². The van der Waals surface area contributed by atoms with Crippen LogP contribution >= 0.6 is 11.6 Å². The summed E-state index contributed by atoms with van der Waals surface area (Å²) in [5, 5.41) is 12.2. The summed E-state index contributed by atoms with van der Waals surface area (Å²) in [6.45, 7) is 0.882. The fourth-order valence-electron chi connectivity index (χ4n) is 1.06. The lowest BCUT2D eigenvalue weighted by molar-refractivity contribution is 0.112. The number of hydrogen-bond acceptors (Lipinski definition) is 3. The molecule has 0 spiro atoms. The van der Waals surface area contributed by atoms with E-state index in [9.17, 15) is 0 Å². The van der Waals surface area contributed by atoms with Crippen LogP contribution in [-0.2, 0) is 11.3 Å². The Kier molecular flexibility index (Phi) is 5.13. The van der Waals surface area contributed by atoms with Crippen LogP contribution in [0.2, 0.25) is 5.02 Å². The summed E-state index contributed by atoms with van der Waals surface area (Å²) in [7, 11) is 1.74. The van der Waals surface area contributed by atoms with Crippen molar-refractivity contribution in [3.8, 4) is 6.07 Å². The van der Waals surface area contributed by atoms with Crippen molar-refractivity contribution in [2.24, 2.45) is 0 Å². The maximum atomic E-state index is 8.65. The molecule has 1 aromatic carbocycles. The summed E-state index contributed by atoms with van der Waals surface area (Å²) < 4.78 is 5.38. The highest BCUT2D eigenvalue weighted by molar-refractivity contribution is 6.30. The molecule has 0 fully saturated rings. The van der Waals surface area contributed by atoms with Gasteiger partial charge in [-0.25, -0.2) is 0 Å². The van der Waals surface area contributed by atoms with E-state index in [1.165, 1.54) is 0 Å². The molecule has 1 rings (SSSR count). The minimum absolute atomic E-state index is 0.252. The third-order valence-corrected chi connectivity index (χ3v) is 2.22. The molecule has 1 unspecified atom stereocenters. The van der Waals surface area contributed by atoms with Crippen LogP contribution in [0.3, 0.4) is 0 Å². The van der Waals surface area contributed by atoms with Crippen molar-refractivity contribution in [3.05, 3.63) is 34.9 Å². The zero-order valence-corrected chi connectivity index (χ0v) is 9.29. The zero-order valence-electron chi connectivity index (χ0n) is 8.53. The fourth-order valence-corrected chi connectivity index (χ4v) is 1.19. The molecule has 1 N–H and O–H groups in total. The van der Waals surface area contributed by atoms with Gasteiger partial charge in [-0.2, -0.15) is 5.26 Å². The van der Waals surface area contributed by atoms with Crippen molar-refractivity contribution in [2.45, 2.75) is 12.6 Å². The average Bonchev–Trinajstić information content (AvgIpc) is 2.27. The average molecular weight is 225 g/mol. The number of nitriles is 1. The largest absolute Gasteiger partial charge is 0.374 e. The molecule has 4 heteroatoms. The molecule has 0 saturated heterocycles. The minimum Gasteiger partial charge on any atom is -0.374 e. The van der Waals surface area contributed by atoms with Crippen LogP contribution < -0.4 is 5.32 Å². The Morgan fingerprint density at radius 2 is 2.13 bits per heavy atom. The molecule has 1 atom stereocenters. The predicted octanol–water partition coefficient (Wildman–Crippen LogP) is 1.97. The SMILES string of the molecule is CNC(C#N)COCc1ccc(Cl)cc1. The lowest BCUT2D eigenvalue weighted by atomic mass is 10.2. The first-order valence-corrected chi connectivity index (χ1v) is 5.03. The minimum atomic E-state index is -0.252. The number of hydrogen-bond donors (Lipinski definition) is 1. The van der Waals surface area contributed by atoms with E-state index in [0.717, 1.165) is 5.56 Å². The summed E-state index contributed by atoms with van der Waals surface area (Å²) in [6.07, 6.45) is 0. The van der Waals surface area contributed by atoms with Crippen LogP contribution in [0.1, 0.15) is 5.56 Å². The first kappa shape index (κ1) is 12.0. The van der Waals surface area contributed by atoms with E-state index in [1.54, 1.807) is 7.05 Å². The highest BCUT2D eigenvalue weighted by atomic mass is 35.5. The molecule has 80 valence electrons. The van der Waals surface area contributed by atoms with E-state index in [-0.39, 0.29) is 6.04 Å². The van der Waals surface area contributed by atoms with E-state index in [0.29, 0.717) is 18.2 Å². The number of nitrogens with one attached hydrogen (secondary N) is 1. The first-order chi connectivity index (χ1) is 7.26. The van der Waals surface area contributed by atoms with Crippen molar-refractivity contribution in [3.63, 3.8) is 0 Å². The smallest absolute Gasteiger partial charge is 0.119 e. The van der Waals surface area contributed by atoms with Gasteiger partial charge in [0.15, 0.2) is 0 Å². The van der Waals surface area contributed by atoms with Crippen molar-refractivity contribution in [2.75, 3.05) is 13.7 Å². The van der Waals surface area contributed by atoms with Crippen molar-refractivity contribution in [1.29, 1.82) is 5.26 Å². The van der Waals surface area contributed by atoms with Gasteiger partial charge in [0, 0.05) is 5.02 Å². The molecule has 0 aliphatic rings. The normalized spacial score (nSPS) is 12.1. The highest BCUT2D eigenvalue weighted by Crippen LogP contribution is 2.10. The maximum Gasteiger partial charge on any atom is 0.119 e. The molecule has 0 aromatic heterocycles. The molecule has 0 heterocycles. The van der Waals surface area contributed by atoms with Crippen LogP contribution in [0.25, 0.3) is 0 Å². The van der Waals surface area contributed by atoms with Gasteiger partial charge in [-0.05, 0) is 24.7 Å². The van der Waals surface area contributed by atoms with E-state index >= 15 is 0 Å². The Morgan fingerprint density at radius 1 is 1.47 bits per heavy atom. The zero-order chi connectivity index (χ0) is 11.1. The summed E-state index contributed by atoms with van der Waals surface area (Å²) in [5.74, 6) is 0. The van der Waals surface area contributed by atoms with Crippen molar-refractivity contribution < 1.29 is 4.74 Å². The summed E-state index contributed by atoms with van der Waals surface area (Å²) in [4.78, 5) is 0. The molecule has 0 aliphatic heterocycles. The molecular weight excluding hydrogens is 212 g/mol. The fraction of sp³-hybridized carbons (Fsp3) is 0.364. The Balaban J connectivity index is 2.32. The quantitative estimate of drug-likeness (QED) is 0.832. The number of ether oxygens (including phenoxy) is 1. The number of likely N-dealkylation sites (N-methyl/N-ethyl adjacent to an activating group) is 1. The molecule has 0 saturated carbocycles. The highest BCUT2D eigenvalue weighted by Gasteiger charge is 2.03. The Hall–Kier alpha value is -1.08. The van der Waals surface area contributed by atoms with Crippen LogP contribution in [0.5, 0.6) is 0 Å². The van der Waals surface area contributed by atoms with E-state index in [1.807, 2.05) is 24.3 Å². The van der Waals surface area contributed by atoms with Crippen LogP contribution in [-0.4, -0.2) is 19.7 Å². The molecule has 15 heavy (non-hydrogen) atoms. The van der Waals surface area contributed by atoms with Crippen molar-refractivity contribution in [1.82, 2.24) is 5.32 Å². The number of halogens is 1.